The number of amides is 1. The number of aromatic amines is 1. The lowest BCUT2D eigenvalue weighted by atomic mass is 10.00. The number of H-pyrrole nitrogens is 1. The fourth-order valence-corrected chi connectivity index (χ4v) is 3.87. The van der Waals surface area contributed by atoms with E-state index in [4.69, 9.17) is 17.3 Å². The fourth-order valence-electron chi connectivity index (χ4n) is 3.62. The van der Waals surface area contributed by atoms with E-state index in [0.717, 1.165) is 22.4 Å². The molecular weight excluding hydrogens is 383 g/mol. The molecule has 7 nitrogen and oxygen atoms in total. The molecular formula is C19H20ClFN6O. The summed E-state index contributed by atoms with van der Waals surface area (Å²) in [6.07, 6.45) is 4.08. The quantitative estimate of drug-likeness (QED) is 0.622. The Kier molecular flexibility index (Phi) is 4.68. The van der Waals surface area contributed by atoms with Gasteiger partial charge < -0.3 is 20.9 Å². The molecule has 1 atom stereocenters. The van der Waals surface area contributed by atoms with Crippen LogP contribution in [0.25, 0.3) is 11.0 Å². The van der Waals surface area contributed by atoms with Crippen LogP contribution in [0.2, 0.25) is 5.02 Å². The number of nitrogens with zero attached hydrogens (tertiary/aromatic N) is 3. The van der Waals surface area contributed by atoms with E-state index in [1.54, 1.807) is 0 Å². The molecule has 0 unspecified atom stereocenters. The number of halogens is 2. The van der Waals surface area contributed by atoms with Gasteiger partial charge in [0.25, 0.3) is 5.91 Å². The van der Waals surface area contributed by atoms with Crippen LogP contribution in [-0.2, 0) is 0 Å². The molecule has 1 amide bonds. The second kappa shape index (κ2) is 7.03. The van der Waals surface area contributed by atoms with Crippen LogP contribution >= 0.6 is 11.6 Å². The smallest absolute Gasteiger partial charge is 0.255 e. The molecule has 0 bridgehead atoms. The summed E-state index contributed by atoms with van der Waals surface area (Å²) in [5.41, 5.74) is 7.53. The molecule has 9 heteroatoms. The lowest BCUT2D eigenvalue weighted by molar-refractivity contribution is 0.0941. The fraction of sp³-hybridized carbons (Fsp3) is 0.316. The van der Waals surface area contributed by atoms with Crippen LogP contribution < -0.4 is 16.0 Å². The molecule has 1 saturated heterocycles. The number of carbonyl (C=O) groups is 1. The Labute approximate surface area is 166 Å². The van der Waals surface area contributed by atoms with Gasteiger partial charge in [-0.05, 0) is 31.0 Å². The normalized spacial score (nSPS) is 19.4. The maximum atomic E-state index is 13.9. The second-order valence-corrected chi connectivity index (χ2v) is 7.61. The largest absolute Gasteiger partial charge is 0.354 e. The van der Waals surface area contributed by atoms with Crippen molar-refractivity contribution >= 4 is 34.4 Å². The Morgan fingerprint density at radius 3 is 3.07 bits per heavy atom. The van der Waals surface area contributed by atoms with Gasteiger partial charge in [-0.25, -0.2) is 14.4 Å². The average molecular weight is 403 g/mol. The van der Waals surface area contributed by atoms with Crippen LogP contribution in [0.3, 0.4) is 0 Å². The van der Waals surface area contributed by atoms with E-state index < -0.39 is 17.3 Å². The molecule has 3 heterocycles. The van der Waals surface area contributed by atoms with Crippen LogP contribution in [0.15, 0.2) is 30.7 Å². The van der Waals surface area contributed by atoms with Crippen molar-refractivity contribution in [3.63, 3.8) is 0 Å². The minimum atomic E-state index is -0.658. The topological polar surface area (TPSA) is 99.9 Å². The Bertz CT molecular complexity index is 1030. The summed E-state index contributed by atoms with van der Waals surface area (Å²) >= 11 is 5.96. The number of nitrogens with one attached hydrogen (secondary N) is 2. The Morgan fingerprint density at radius 2 is 2.29 bits per heavy atom. The van der Waals surface area contributed by atoms with E-state index >= 15 is 0 Å². The number of rotatable bonds is 4. The van der Waals surface area contributed by atoms with Crippen LogP contribution in [0.5, 0.6) is 0 Å². The molecule has 4 rings (SSSR count). The Balaban J connectivity index is 1.48. The van der Waals surface area contributed by atoms with Gasteiger partial charge in [0.2, 0.25) is 0 Å². The average Bonchev–Trinajstić information content (AvgIpc) is 3.24. The molecule has 4 N–H and O–H groups in total. The number of carbonyl (C=O) groups excluding carboxylic acids is 1. The zero-order chi connectivity index (χ0) is 19.9. The highest BCUT2D eigenvalue weighted by Gasteiger charge is 2.36. The molecule has 1 aliphatic rings. The van der Waals surface area contributed by atoms with Gasteiger partial charge in [-0.3, -0.25) is 4.79 Å². The van der Waals surface area contributed by atoms with E-state index in [9.17, 15) is 9.18 Å². The van der Waals surface area contributed by atoms with E-state index in [-0.39, 0.29) is 17.1 Å². The van der Waals surface area contributed by atoms with Crippen LogP contribution in [0.4, 0.5) is 10.2 Å². The third-order valence-corrected chi connectivity index (χ3v) is 5.44. The number of aryl methyl sites for hydroxylation is 1. The highest BCUT2D eigenvalue weighted by Crippen LogP contribution is 2.30. The van der Waals surface area contributed by atoms with Gasteiger partial charge in [-0.2, -0.15) is 0 Å². The first-order chi connectivity index (χ1) is 13.4. The van der Waals surface area contributed by atoms with Crippen LogP contribution in [0, 0.1) is 12.7 Å². The lowest BCUT2D eigenvalue weighted by Gasteiger charge is -2.26. The minimum Gasteiger partial charge on any atom is -0.354 e. The number of nitrogens with two attached hydrogens (primary N) is 1. The Morgan fingerprint density at radius 1 is 1.46 bits per heavy atom. The second-order valence-electron chi connectivity index (χ2n) is 7.21. The molecule has 0 saturated carbocycles. The molecule has 0 aliphatic carbocycles. The highest BCUT2D eigenvalue weighted by atomic mass is 35.5. The summed E-state index contributed by atoms with van der Waals surface area (Å²) in [4.78, 5) is 26.3. The SMILES string of the molecule is Cc1c[nH]c2ncnc(N3CC[C@](N)(CNC(=O)c4c(F)cccc4Cl)C3)c12. The van der Waals surface area contributed by atoms with Gasteiger partial charge >= 0.3 is 0 Å². The monoisotopic (exact) mass is 402 g/mol. The third kappa shape index (κ3) is 3.29. The lowest BCUT2D eigenvalue weighted by Crippen LogP contribution is -2.52. The van der Waals surface area contributed by atoms with Crippen molar-refractivity contribution in [3.8, 4) is 0 Å². The summed E-state index contributed by atoms with van der Waals surface area (Å²) in [7, 11) is 0. The van der Waals surface area contributed by atoms with Gasteiger partial charge in [-0.1, -0.05) is 17.7 Å². The van der Waals surface area contributed by atoms with Gasteiger partial charge in [0.1, 0.15) is 23.6 Å². The Hall–Kier alpha value is -2.71. The van der Waals surface area contributed by atoms with Gasteiger partial charge in [0.15, 0.2) is 0 Å². The van der Waals surface area contributed by atoms with E-state index in [1.165, 1.54) is 24.5 Å². The minimum absolute atomic E-state index is 0.0722. The first-order valence-electron chi connectivity index (χ1n) is 8.93. The molecule has 1 fully saturated rings. The van der Waals surface area contributed by atoms with Crippen LogP contribution in [0.1, 0.15) is 22.3 Å². The van der Waals surface area contributed by atoms with Crippen molar-refractivity contribution in [2.24, 2.45) is 5.73 Å². The maximum Gasteiger partial charge on any atom is 0.255 e. The van der Waals surface area contributed by atoms with Crippen molar-refractivity contribution < 1.29 is 9.18 Å². The molecule has 28 heavy (non-hydrogen) atoms. The summed E-state index contributed by atoms with van der Waals surface area (Å²) in [6, 6.07) is 4.14. The van der Waals surface area contributed by atoms with Crippen molar-refractivity contribution in [1.82, 2.24) is 20.3 Å². The molecule has 0 spiro atoms. The number of benzene rings is 1. The van der Waals surface area contributed by atoms with Gasteiger partial charge in [-0.15, -0.1) is 0 Å². The molecule has 1 aliphatic heterocycles. The van der Waals surface area contributed by atoms with Crippen molar-refractivity contribution in [2.45, 2.75) is 18.9 Å². The van der Waals surface area contributed by atoms with Crippen LogP contribution in [-0.4, -0.2) is 46.0 Å². The molecule has 3 aromatic rings. The summed E-state index contributed by atoms with van der Waals surface area (Å²) < 4.78 is 13.9. The number of anilines is 1. The zero-order valence-corrected chi connectivity index (χ0v) is 16.1. The maximum absolute atomic E-state index is 13.9. The first kappa shape index (κ1) is 18.6. The molecule has 146 valence electrons. The molecule has 1 aromatic carbocycles. The number of hydrogen-bond donors (Lipinski definition) is 3. The van der Waals surface area contributed by atoms with E-state index in [0.29, 0.717) is 19.5 Å². The number of aromatic nitrogens is 3. The third-order valence-electron chi connectivity index (χ3n) is 5.12. The summed E-state index contributed by atoms with van der Waals surface area (Å²) in [6.45, 7) is 3.40. The van der Waals surface area contributed by atoms with Gasteiger partial charge in [0, 0.05) is 25.8 Å². The highest BCUT2D eigenvalue weighted by molar-refractivity contribution is 6.33. The molecule has 2 aromatic heterocycles. The number of hydrogen-bond acceptors (Lipinski definition) is 5. The van der Waals surface area contributed by atoms with Crippen molar-refractivity contribution in [3.05, 3.63) is 52.7 Å². The van der Waals surface area contributed by atoms with Crippen molar-refractivity contribution in [2.75, 3.05) is 24.5 Å². The van der Waals surface area contributed by atoms with Crippen molar-refractivity contribution in [1.29, 1.82) is 0 Å². The first-order valence-corrected chi connectivity index (χ1v) is 9.30. The standard InChI is InChI=1S/C19H20ClFN6O/c1-11-7-23-16-14(11)17(26-10-25-16)27-6-5-19(22,9-27)8-24-18(28)15-12(20)3-2-4-13(15)21/h2-4,7,10H,5-6,8-9,22H2,1H3,(H,24,28)(H,23,25,26)/t19-/m0/s1. The zero-order valence-electron chi connectivity index (χ0n) is 15.3. The van der Waals surface area contributed by atoms with Gasteiger partial charge in [0.05, 0.1) is 21.5 Å². The summed E-state index contributed by atoms with van der Waals surface area (Å²) in [5, 5.41) is 3.76. The molecule has 0 radical (unpaired) electrons. The predicted molar refractivity (Wildman–Crippen MR) is 106 cm³/mol. The summed E-state index contributed by atoms with van der Waals surface area (Å²) in [5.74, 6) is -0.410. The van der Waals surface area contributed by atoms with E-state index in [1.807, 2.05) is 13.1 Å². The predicted octanol–water partition coefficient (Wildman–Crippen LogP) is 2.40. The van der Waals surface area contributed by atoms with E-state index in [2.05, 4.69) is 25.2 Å². The number of fused-ring (bicyclic) bond motifs is 1.